The molecular weight excluding hydrogens is 448 g/mol. The molecule has 0 unspecified atom stereocenters. The van der Waals surface area contributed by atoms with E-state index in [-0.39, 0.29) is 43.1 Å². The first-order valence-electron chi connectivity index (χ1n) is 10.1. The molecule has 0 radical (unpaired) electrons. The molecule has 9 heteroatoms. The summed E-state index contributed by atoms with van der Waals surface area (Å²) >= 11 is 5.92. The third kappa shape index (κ3) is 5.77. The summed E-state index contributed by atoms with van der Waals surface area (Å²) in [4.78, 5) is 37.4. The Morgan fingerprint density at radius 2 is 1.85 bits per heavy atom. The minimum Gasteiger partial charge on any atom is -0.463 e. The van der Waals surface area contributed by atoms with Gasteiger partial charge in [-0.2, -0.15) is 5.26 Å². The summed E-state index contributed by atoms with van der Waals surface area (Å²) in [7, 11) is 0. The molecule has 0 saturated heterocycles. The van der Waals surface area contributed by atoms with E-state index >= 15 is 0 Å². The molecule has 170 valence electrons. The van der Waals surface area contributed by atoms with E-state index in [2.05, 4.69) is 0 Å². The van der Waals surface area contributed by atoms with Crippen molar-refractivity contribution in [3.63, 3.8) is 0 Å². The fraction of sp³-hybridized carbons (Fsp3) is 0.250. The van der Waals surface area contributed by atoms with Gasteiger partial charge in [-0.25, -0.2) is 0 Å². The van der Waals surface area contributed by atoms with Gasteiger partial charge in [-0.1, -0.05) is 11.6 Å². The van der Waals surface area contributed by atoms with Gasteiger partial charge in [0.05, 0.1) is 19.8 Å². The summed E-state index contributed by atoms with van der Waals surface area (Å²) in [5, 5.41) is 10.1. The number of benzene rings is 1. The first-order valence-corrected chi connectivity index (χ1v) is 10.5. The van der Waals surface area contributed by atoms with Gasteiger partial charge in [0.25, 0.3) is 11.8 Å². The highest BCUT2D eigenvalue weighted by molar-refractivity contribution is 6.30. The predicted molar refractivity (Wildman–Crippen MR) is 120 cm³/mol. The fourth-order valence-corrected chi connectivity index (χ4v) is 3.30. The number of rotatable bonds is 8. The zero-order valence-electron chi connectivity index (χ0n) is 18.1. The number of imide groups is 1. The Balaban J connectivity index is 1.78. The topological polar surface area (TPSA) is 110 Å². The number of esters is 1. The van der Waals surface area contributed by atoms with E-state index in [9.17, 15) is 19.6 Å². The SMILES string of the molecule is CC(=O)OCCOCCN1C(=O)C(C#N)=C(C)/C(=C\c2ccc(-c3ccc(Cl)cc3)o2)C1=O. The van der Waals surface area contributed by atoms with Gasteiger partial charge in [0.15, 0.2) is 0 Å². The molecule has 1 aliphatic heterocycles. The average molecular weight is 469 g/mol. The molecule has 0 bridgehead atoms. The molecule has 33 heavy (non-hydrogen) atoms. The average Bonchev–Trinajstić information content (AvgIpc) is 3.25. The van der Waals surface area contributed by atoms with Crippen molar-refractivity contribution in [3.05, 3.63) is 63.9 Å². The number of carbonyl (C=O) groups is 3. The van der Waals surface area contributed by atoms with Crippen LogP contribution in [0.1, 0.15) is 19.6 Å². The number of nitriles is 1. The molecule has 1 aromatic heterocycles. The van der Waals surface area contributed by atoms with Gasteiger partial charge in [0, 0.05) is 23.1 Å². The highest BCUT2D eigenvalue weighted by Crippen LogP contribution is 2.29. The smallest absolute Gasteiger partial charge is 0.302 e. The molecule has 0 N–H and O–H groups in total. The number of amides is 2. The molecule has 0 spiro atoms. The van der Waals surface area contributed by atoms with E-state index in [1.807, 2.05) is 18.2 Å². The summed E-state index contributed by atoms with van der Waals surface area (Å²) in [5.41, 5.74) is 1.16. The maximum absolute atomic E-state index is 13.0. The van der Waals surface area contributed by atoms with Gasteiger partial charge in [0.1, 0.15) is 29.8 Å². The quantitative estimate of drug-likeness (QED) is 0.251. The number of carbonyl (C=O) groups excluding carboxylic acids is 3. The number of ether oxygens (including phenoxy) is 2. The summed E-state index contributed by atoms with van der Waals surface area (Å²) in [6.07, 6.45) is 1.51. The van der Waals surface area contributed by atoms with Crippen molar-refractivity contribution in [1.82, 2.24) is 4.90 Å². The predicted octanol–water partition coefficient (Wildman–Crippen LogP) is 3.77. The molecule has 0 saturated carbocycles. The number of hydrogen-bond acceptors (Lipinski definition) is 7. The van der Waals surface area contributed by atoms with Crippen LogP contribution in [0.2, 0.25) is 5.02 Å². The van der Waals surface area contributed by atoms with Crippen LogP contribution in [0.15, 0.2) is 57.5 Å². The standard InChI is InChI=1S/C24H21ClN2O6/c1-15-20(13-19-7-8-22(33-19)17-3-5-18(25)6-4-17)23(29)27(24(30)21(15)14-26)9-10-31-11-12-32-16(2)28/h3-8,13H,9-12H2,1-2H3/b20-13+. The Labute approximate surface area is 195 Å². The van der Waals surface area contributed by atoms with E-state index < -0.39 is 17.8 Å². The molecule has 2 aromatic rings. The second kappa shape index (κ2) is 10.8. The Morgan fingerprint density at radius 1 is 1.12 bits per heavy atom. The highest BCUT2D eigenvalue weighted by atomic mass is 35.5. The van der Waals surface area contributed by atoms with Gasteiger partial charge in [0.2, 0.25) is 0 Å². The van der Waals surface area contributed by atoms with Crippen LogP contribution in [0, 0.1) is 11.3 Å². The summed E-state index contributed by atoms with van der Waals surface area (Å²) in [6.45, 7) is 3.01. The third-order valence-corrected chi connectivity index (χ3v) is 5.11. The lowest BCUT2D eigenvalue weighted by Crippen LogP contribution is -2.44. The van der Waals surface area contributed by atoms with Crippen LogP contribution >= 0.6 is 11.6 Å². The zero-order valence-corrected chi connectivity index (χ0v) is 18.8. The maximum Gasteiger partial charge on any atom is 0.302 e. The summed E-state index contributed by atoms with van der Waals surface area (Å²) in [5.74, 6) is -0.678. The van der Waals surface area contributed by atoms with E-state index in [1.165, 1.54) is 13.0 Å². The molecule has 8 nitrogen and oxygen atoms in total. The Hall–Kier alpha value is -3.67. The Bertz CT molecular complexity index is 1170. The zero-order chi connectivity index (χ0) is 24.0. The van der Waals surface area contributed by atoms with E-state index in [4.69, 9.17) is 25.5 Å². The highest BCUT2D eigenvalue weighted by Gasteiger charge is 2.35. The summed E-state index contributed by atoms with van der Waals surface area (Å²) < 4.78 is 15.9. The lowest BCUT2D eigenvalue weighted by molar-refractivity contribution is -0.142. The monoisotopic (exact) mass is 468 g/mol. The number of furan rings is 1. The Morgan fingerprint density at radius 3 is 2.52 bits per heavy atom. The molecule has 0 aliphatic carbocycles. The molecule has 2 amide bonds. The van der Waals surface area contributed by atoms with E-state index in [0.29, 0.717) is 16.5 Å². The van der Waals surface area contributed by atoms with Crippen molar-refractivity contribution >= 4 is 35.5 Å². The van der Waals surface area contributed by atoms with Crippen molar-refractivity contribution in [1.29, 1.82) is 5.26 Å². The molecule has 0 atom stereocenters. The lowest BCUT2D eigenvalue weighted by atomic mass is 9.94. The number of halogens is 1. The molecule has 2 heterocycles. The van der Waals surface area contributed by atoms with Crippen LogP contribution in [0.3, 0.4) is 0 Å². The third-order valence-electron chi connectivity index (χ3n) is 4.86. The van der Waals surface area contributed by atoms with Gasteiger partial charge in [-0.3, -0.25) is 19.3 Å². The number of hydrogen-bond donors (Lipinski definition) is 0. The van der Waals surface area contributed by atoms with Gasteiger partial charge < -0.3 is 13.9 Å². The van der Waals surface area contributed by atoms with Crippen LogP contribution in [-0.2, 0) is 23.9 Å². The normalized spacial score (nSPS) is 15.2. The van der Waals surface area contributed by atoms with Crippen LogP contribution < -0.4 is 0 Å². The number of nitrogens with zero attached hydrogens (tertiary/aromatic N) is 2. The second-order valence-electron chi connectivity index (χ2n) is 7.09. The fourth-order valence-electron chi connectivity index (χ4n) is 3.18. The lowest BCUT2D eigenvalue weighted by Gasteiger charge is -2.27. The molecule has 1 aromatic carbocycles. The Kier molecular flexibility index (Phi) is 7.83. The minimum atomic E-state index is -0.679. The van der Waals surface area contributed by atoms with Crippen LogP contribution in [0.4, 0.5) is 0 Å². The molecular formula is C24H21ClN2O6. The minimum absolute atomic E-state index is 0.0330. The van der Waals surface area contributed by atoms with Crippen LogP contribution in [0.5, 0.6) is 0 Å². The van der Waals surface area contributed by atoms with Crippen molar-refractivity contribution in [2.75, 3.05) is 26.4 Å². The second-order valence-corrected chi connectivity index (χ2v) is 7.53. The van der Waals surface area contributed by atoms with Crippen molar-refractivity contribution in [2.45, 2.75) is 13.8 Å². The van der Waals surface area contributed by atoms with Crippen LogP contribution in [0.25, 0.3) is 17.4 Å². The first kappa shape index (κ1) is 24.0. The van der Waals surface area contributed by atoms with Crippen molar-refractivity contribution in [2.24, 2.45) is 0 Å². The largest absolute Gasteiger partial charge is 0.463 e. The van der Waals surface area contributed by atoms with Gasteiger partial charge in [-0.05, 0) is 55.0 Å². The van der Waals surface area contributed by atoms with Gasteiger partial charge >= 0.3 is 5.97 Å². The van der Waals surface area contributed by atoms with Crippen molar-refractivity contribution in [3.8, 4) is 17.4 Å². The molecule has 3 rings (SSSR count). The van der Waals surface area contributed by atoms with Gasteiger partial charge in [-0.15, -0.1) is 0 Å². The summed E-state index contributed by atoms with van der Waals surface area (Å²) in [6, 6.07) is 12.4. The molecule has 0 fully saturated rings. The van der Waals surface area contributed by atoms with E-state index in [1.54, 1.807) is 31.2 Å². The van der Waals surface area contributed by atoms with Crippen molar-refractivity contribution < 1.29 is 28.3 Å². The maximum atomic E-state index is 13.0. The first-order chi connectivity index (χ1) is 15.8. The molecule has 1 aliphatic rings. The van der Waals surface area contributed by atoms with E-state index in [0.717, 1.165) is 10.5 Å². The van der Waals surface area contributed by atoms with Crippen LogP contribution in [-0.4, -0.2) is 49.0 Å².